The highest BCUT2D eigenvalue weighted by molar-refractivity contribution is 6.16. The van der Waals surface area contributed by atoms with Crippen LogP contribution in [-0.2, 0) is 19.1 Å². The summed E-state index contributed by atoms with van der Waals surface area (Å²) in [5.41, 5.74) is -1.72. The van der Waals surface area contributed by atoms with Gasteiger partial charge in [0.2, 0.25) is 5.60 Å². The van der Waals surface area contributed by atoms with Crippen molar-refractivity contribution in [3.05, 3.63) is 48.1 Å². The van der Waals surface area contributed by atoms with Gasteiger partial charge in [-0.3, -0.25) is 9.59 Å². The van der Waals surface area contributed by atoms with Crippen LogP contribution in [0.2, 0.25) is 0 Å². The number of amides is 1. The molecule has 4 fully saturated rings. The van der Waals surface area contributed by atoms with Crippen molar-refractivity contribution in [2.75, 3.05) is 0 Å². The van der Waals surface area contributed by atoms with Crippen molar-refractivity contribution in [3.63, 3.8) is 0 Å². The monoisotopic (exact) mass is 519 g/mol. The van der Waals surface area contributed by atoms with Crippen LogP contribution in [0, 0.1) is 46.3 Å². The lowest BCUT2D eigenvalue weighted by molar-refractivity contribution is -0.147. The van der Waals surface area contributed by atoms with E-state index < -0.39 is 34.7 Å². The van der Waals surface area contributed by atoms with Crippen molar-refractivity contribution in [1.29, 1.82) is 0 Å². The van der Waals surface area contributed by atoms with Crippen molar-refractivity contribution in [2.45, 2.75) is 89.9 Å². The van der Waals surface area contributed by atoms with Gasteiger partial charge in [-0.25, -0.2) is 0 Å². The maximum atomic E-state index is 14.8. The number of Topliss-reactive ketones (excluding diaryl/α,β-unsaturated/α-hetero) is 1. The van der Waals surface area contributed by atoms with Gasteiger partial charge < -0.3 is 19.9 Å². The molecular formula is C32H41NO5. The summed E-state index contributed by atoms with van der Waals surface area (Å²) >= 11 is 0. The molecule has 0 radical (unpaired) electrons. The van der Waals surface area contributed by atoms with Gasteiger partial charge in [0.1, 0.15) is 0 Å². The second-order valence-corrected chi connectivity index (χ2v) is 14.2. The Morgan fingerprint density at radius 2 is 1.97 bits per heavy atom. The molecule has 4 heterocycles. The fourth-order valence-corrected chi connectivity index (χ4v) is 10.6. The first-order valence-corrected chi connectivity index (χ1v) is 14.5. The lowest BCUT2D eigenvalue weighted by Gasteiger charge is -2.50. The molecule has 4 bridgehead atoms. The quantitative estimate of drug-likeness (QED) is 0.307. The number of epoxide rings is 1. The highest BCUT2D eigenvalue weighted by Gasteiger charge is 2.82. The Bertz CT molecular complexity index is 1230. The molecule has 6 heteroatoms. The molecule has 1 amide bonds. The van der Waals surface area contributed by atoms with Gasteiger partial charge in [0.15, 0.2) is 17.6 Å². The van der Waals surface area contributed by atoms with Crippen LogP contribution in [0.4, 0.5) is 0 Å². The summed E-state index contributed by atoms with van der Waals surface area (Å²) in [7, 11) is 0. The van der Waals surface area contributed by atoms with Crippen LogP contribution in [0.5, 0.6) is 0 Å². The molecule has 204 valence electrons. The molecule has 13 atom stereocenters. The van der Waals surface area contributed by atoms with E-state index in [1.807, 2.05) is 12.2 Å². The van der Waals surface area contributed by atoms with Crippen molar-refractivity contribution in [3.8, 4) is 0 Å². The number of nitrogens with one attached hydrogen (secondary N) is 1. The van der Waals surface area contributed by atoms with Crippen LogP contribution in [0.25, 0.3) is 0 Å². The molecule has 38 heavy (non-hydrogen) atoms. The fraction of sp³-hybridized carbons (Fsp3) is 0.688. The molecule has 13 unspecified atom stereocenters. The summed E-state index contributed by atoms with van der Waals surface area (Å²) < 4.78 is 13.1. The number of carbonyl (C=O) groups excluding carboxylic acids is 2. The lowest BCUT2D eigenvalue weighted by Crippen LogP contribution is -2.54. The third-order valence-electron chi connectivity index (χ3n) is 11.6. The lowest BCUT2D eigenvalue weighted by atomic mass is 9.53. The second-order valence-electron chi connectivity index (χ2n) is 14.2. The summed E-state index contributed by atoms with van der Waals surface area (Å²) in [6.45, 7) is 15.6. The van der Waals surface area contributed by atoms with Crippen LogP contribution >= 0.6 is 0 Å². The molecule has 2 saturated heterocycles. The predicted octanol–water partition coefficient (Wildman–Crippen LogP) is 4.26. The largest absolute Gasteiger partial charge is 0.370 e. The summed E-state index contributed by atoms with van der Waals surface area (Å²) in [5.74, 6) is 0.115. The van der Waals surface area contributed by atoms with Crippen LogP contribution in [0.3, 0.4) is 0 Å². The number of ether oxygens (including phenoxy) is 2. The highest BCUT2D eigenvalue weighted by atomic mass is 16.6. The van der Waals surface area contributed by atoms with Gasteiger partial charge in [0, 0.05) is 23.7 Å². The van der Waals surface area contributed by atoms with E-state index in [4.69, 9.17) is 9.47 Å². The molecule has 0 aromatic carbocycles. The normalized spacial score (nSPS) is 56.3. The van der Waals surface area contributed by atoms with Crippen molar-refractivity contribution < 1.29 is 24.2 Å². The third kappa shape index (κ3) is 2.95. The number of rotatable bonds is 1. The molecule has 0 aromatic heterocycles. The minimum Gasteiger partial charge on any atom is -0.370 e. The average Bonchev–Trinajstić information content (AvgIpc) is 3.50. The number of ketones is 1. The zero-order chi connectivity index (χ0) is 27.0. The van der Waals surface area contributed by atoms with Gasteiger partial charge in [0.25, 0.3) is 5.91 Å². The van der Waals surface area contributed by atoms with E-state index in [0.717, 1.165) is 18.4 Å². The zero-order valence-corrected chi connectivity index (χ0v) is 23.2. The van der Waals surface area contributed by atoms with Crippen LogP contribution in [-0.4, -0.2) is 46.4 Å². The van der Waals surface area contributed by atoms with Gasteiger partial charge in [-0.1, -0.05) is 63.6 Å². The standard InChI is InChI=1S/C32H41NO5/c1-7-29(5)14-18(4)22-21-24(29)26(34)32-27(38-32)31(36,33-28(32)35)15-19-8-10-20(11-9-19)37-25(21)23-17(3)12-16(2)13-30(22,23)6/h7-10,14,16-17,20-25,27,36H,1,11-13,15H2,2-6H3,(H,33,35). The van der Waals surface area contributed by atoms with E-state index in [9.17, 15) is 14.7 Å². The number of hydrogen-bond donors (Lipinski definition) is 2. The molecule has 8 rings (SSSR count). The van der Waals surface area contributed by atoms with Crippen LogP contribution in [0.15, 0.2) is 48.1 Å². The van der Waals surface area contributed by atoms with Crippen LogP contribution in [0.1, 0.15) is 60.3 Å². The van der Waals surface area contributed by atoms with E-state index in [0.29, 0.717) is 24.2 Å². The molecule has 6 nitrogen and oxygen atoms in total. The molecule has 2 N–H and O–H groups in total. The fourth-order valence-electron chi connectivity index (χ4n) is 10.6. The third-order valence-corrected chi connectivity index (χ3v) is 11.6. The van der Waals surface area contributed by atoms with E-state index in [1.165, 1.54) is 5.57 Å². The summed E-state index contributed by atoms with van der Waals surface area (Å²) in [6, 6.07) is 0. The maximum Gasteiger partial charge on any atom is 0.265 e. The van der Waals surface area contributed by atoms with E-state index in [-0.39, 0.29) is 41.7 Å². The molecule has 4 aliphatic carbocycles. The highest BCUT2D eigenvalue weighted by Crippen LogP contribution is 2.69. The molecule has 8 aliphatic rings. The Morgan fingerprint density at radius 1 is 1.21 bits per heavy atom. The average molecular weight is 520 g/mol. The Balaban J connectivity index is 1.45. The van der Waals surface area contributed by atoms with Crippen molar-refractivity contribution in [1.82, 2.24) is 5.32 Å². The first-order chi connectivity index (χ1) is 17.9. The van der Waals surface area contributed by atoms with E-state index in [1.54, 1.807) is 0 Å². The van der Waals surface area contributed by atoms with Crippen molar-refractivity contribution in [2.24, 2.45) is 46.3 Å². The molecule has 4 aliphatic heterocycles. The Kier molecular flexibility index (Phi) is 4.99. The molecule has 0 aromatic rings. The van der Waals surface area contributed by atoms with Gasteiger partial charge in [-0.15, -0.1) is 6.58 Å². The number of aliphatic hydroxyl groups is 1. The molecule has 2 saturated carbocycles. The van der Waals surface area contributed by atoms with E-state index >= 15 is 0 Å². The molecule has 0 spiro atoms. The number of allylic oxidation sites excluding steroid dienone is 4. The predicted molar refractivity (Wildman–Crippen MR) is 143 cm³/mol. The number of morpholine rings is 1. The SMILES string of the molecule is C=CC1(C)C=C(C)C2C3C(OC4C=CC(=CC4)CC4(O)NC(=O)C5(OC45)C(=O)C31)C1C(C)CC(C)CC21C. The first kappa shape index (κ1) is 25.0. The summed E-state index contributed by atoms with van der Waals surface area (Å²) in [5, 5.41) is 14.3. The first-order valence-electron chi connectivity index (χ1n) is 14.5. The van der Waals surface area contributed by atoms with Gasteiger partial charge in [-0.2, -0.15) is 0 Å². The van der Waals surface area contributed by atoms with Gasteiger partial charge in [-0.05, 0) is 60.8 Å². The van der Waals surface area contributed by atoms with Crippen molar-refractivity contribution >= 4 is 11.7 Å². The molecular weight excluding hydrogens is 478 g/mol. The smallest absolute Gasteiger partial charge is 0.265 e. The maximum absolute atomic E-state index is 14.8. The minimum absolute atomic E-state index is 0.0232. The summed E-state index contributed by atoms with van der Waals surface area (Å²) in [4.78, 5) is 28.3. The van der Waals surface area contributed by atoms with Crippen LogP contribution < -0.4 is 5.32 Å². The zero-order valence-electron chi connectivity index (χ0n) is 23.2. The van der Waals surface area contributed by atoms with Gasteiger partial charge in [0.05, 0.1) is 12.2 Å². The number of fused-ring (bicyclic) bond motifs is 3. The van der Waals surface area contributed by atoms with Gasteiger partial charge >= 0.3 is 0 Å². The topological polar surface area (TPSA) is 88.2 Å². The Labute approximate surface area is 225 Å². The number of hydrogen-bond acceptors (Lipinski definition) is 5. The Morgan fingerprint density at radius 3 is 2.63 bits per heavy atom. The van der Waals surface area contributed by atoms with E-state index in [2.05, 4.69) is 64.7 Å². The number of carbonyl (C=O) groups is 2. The summed E-state index contributed by atoms with van der Waals surface area (Å²) in [6.07, 6.45) is 12.4. The Hall–Kier alpha value is -2.02. The second kappa shape index (κ2) is 7.58. The minimum atomic E-state index is -1.65.